The Morgan fingerprint density at radius 1 is 1.31 bits per heavy atom. The molecule has 1 rings (SSSR count). The summed E-state index contributed by atoms with van der Waals surface area (Å²) in [5.74, 6) is 0. The van der Waals surface area contributed by atoms with Gasteiger partial charge < -0.3 is 10.8 Å². The minimum Gasteiger partial charge on any atom is -0.388 e. The molecule has 0 fully saturated rings. The molecule has 2 heteroatoms. The van der Waals surface area contributed by atoms with E-state index < -0.39 is 6.10 Å². The molecule has 0 unspecified atom stereocenters. The molecule has 1 aromatic carbocycles. The van der Waals surface area contributed by atoms with Crippen LogP contribution >= 0.6 is 0 Å². The van der Waals surface area contributed by atoms with Crippen LogP contribution < -0.4 is 5.73 Å². The van der Waals surface area contributed by atoms with Gasteiger partial charge in [-0.3, -0.25) is 0 Å². The molecule has 0 aliphatic carbocycles. The van der Waals surface area contributed by atoms with E-state index in [1.807, 2.05) is 25.1 Å². The molecule has 0 bridgehead atoms. The molecule has 72 valence electrons. The van der Waals surface area contributed by atoms with E-state index in [0.29, 0.717) is 13.0 Å². The standard InChI is InChI=1S/C11H17NO/c1-8-3-4-10(7-9(8)2)11(13)5-6-12/h3-4,7,11,13H,5-6,12H2,1-2H3/t11-/m1/s1. The van der Waals surface area contributed by atoms with Gasteiger partial charge in [-0.1, -0.05) is 18.2 Å². The second-order valence-corrected chi connectivity index (χ2v) is 3.44. The zero-order chi connectivity index (χ0) is 9.84. The van der Waals surface area contributed by atoms with Crippen molar-refractivity contribution in [2.24, 2.45) is 5.73 Å². The zero-order valence-electron chi connectivity index (χ0n) is 8.25. The average Bonchev–Trinajstić information content (AvgIpc) is 2.10. The van der Waals surface area contributed by atoms with Gasteiger partial charge in [-0.25, -0.2) is 0 Å². The fourth-order valence-corrected chi connectivity index (χ4v) is 1.30. The van der Waals surface area contributed by atoms with Crippen LogP contribution in [0, 0.1) is 13.8 Å². The van der Waals surface area contributed by atoms with E-state index >= 15 is 0 Å². The first-order valence-electron chi connectivity index (χ1n) is 4.60. The zero-order valence-corrected chi connectivity index (χ0v) is 8.25. The van der Waals surface area contributed by atoms with Gasteiger partial charge in [0.05, 0.1) is 6.10 Å². The van der Waals surface area contributed by atoms with Crippen LogP contribution in [0.3, 0.4) is 0 Å². The van der Waals surface area contributed by atoms with Crippen molar-refractivity contribution in [3.05, 3.63) is 34.9 Å². The van der Waals surface area contributed by atoms with Crippen molar-refractivity contribution in [3.8, 4) is 0 Å². The third kappa shape index (κ3) is 2.54. The highest BCUT2D eigenvalue weighted by Crippen LogP contribution is 2.18. The van der Waals surface area contributed by atoms with Gasteiger partial charge in [0.1, 0.15) is 0 Å². The van der Waals surface area contributed by atoms with E-state index in [1.54, 1.807) is 0 Å². The molecular formula is C11H17NO. The van der Waals surface area contributed by atoms with E-state index in [9.17, 15) is 5.11 Å². The van der Waals surface area contributed by atoms with Crippen molar-refractivity contribution in [2.45, 2.75) is 26.4 Å². The molecule has 1 aromatic rings. The third-order valence-corrected chi connectivity index (χ3v) is 2.36. The monoisotopic (exact) mass is 179 g/mol. The Morgan fingerprint density at radius 2 is 2.00 bits per heavy atom. The Bertz CT molecular complexity index is 283. The number of rotatable bonds is 3. The molecule has 0 amide bonds. The maximum absolute atomic E-state index is 9.66. The molecule has 0 heterocycles. The van der Waals surface area contributed by atoms with Crippen LogP contribution in [0.25, 0.3) is 0 Å². The predicted molar refractivity (Wildman–Crippen MR) is 54.5 cm³/mol. The van der Waals surface area contributed by atoms with Gasteiger partial charge in [0.2, 0.25) is 0 Å². The Kier molecular flexibility index (Phi) is 3.46. The van der Waals surface area contributed by atoms with E-state index in [4.69, 9.17) is 5.73 Å². The summed E-state index contributed by atoms with van der Waals surface area (Å²) in [4.78, 5) is 0. The maximum Gasteiger partial charge on any atom is 0.0802 e. The Morgan fingerprint density at radius 3 is 2.54 bits per heavy atom. The van der Waals surface area contributed by atoms with Crippen LogP contribution in [0.5, 0.6) is 0 Å². The van der Waals surface area contributed by atoms with Crippen LogP contribution in [0.15, 0.2) is 18.2 Å². The summed E-state index contributed by atoms with van der Waals surface area (Å²) in [5.41, 5.74) is 8.81. The summed E-state index contributed by atoms with van der Waals surface area (Å²) in [7, 11) is 0. The lowest BCUT2D eigenvalue weighted by molar-refractivity contribution is 0.170. The van der Waals surface area contributed by atoms with Gasteiger partial charge in [-0.2, -0.15) is 0 Å². The van der Waals surface area contributed by atoms with Crippen LogP contribution in [-0.2, 0) is 0 Å². The van der Waals surface area contributed by atoms with Gasteiger partial charge in [0.25, 0.3) is 0 Å². The Labute approximate surface area is 79.4 Å². The summed E-state index contributed by atoms with van der Waals surface area (Å²) in [6.07, 6.45) is 0.215. The molecule has 0 aliphatic rings. The minimum atomic E-state index is -0.413. The summed E-state index contributed by atoms with van der Waals surface area (Å²) >= 11 is 0. The average molecular weight is 179 g/mol. The molecule has 13 heavy (non-hydrogen) atoms. The predicted octanol–water partition coefficient (Wildman–Crippen LogP) is 1.69. The largest absolute Gasteiger partial charge is 0.388 e. The molecule has 0 spiro atoms. The second-order valence-electron chi connectivity index (χ2n) is 3.44. The van der Waals surface area contributed by atoms with E-state index in [-0.39, 0.29) is 0 Å². The molecule has 2 nitrogen and oxygen atoms in total. The molecule has 3 N–H and O–H groups in total. The molecule has 0 aromatic heterocycles. The molecule has 0 radical (unpaired) electrons. The lowest BCUT2D eigenvalue weighted by atomic mass is 10.0. The molecule has 0 aliphatic heterocycles. The lowest BCUT2D eigenvalue weighted by Gasteiger charge is -2.11. The normalized spacial score (nSPS) is 12.9. The van der Waals surface area contributed by atoms with Crippen molar-refractivity contribution in [1.82, 2.24) is 0 Å². The number of aliphatic hydroxyl groups excluding tert-OH is 1. The van der Waals surface area contributed by atoms with Crippen LogP contribution in [-0.4, -0.2) is 11.7 Å². The number of hydrogen-bond donors (Lipinski definition) is 2. The summed E-state index contributed by atoms with van der Waals surface area (Å²) < 4.78 is 0. The van der Waals surface area contributed by atoms with Gasteiger partial charge in [0.15, 0.2) is 0 Å². The highest BCUT2D eigenvalue weighted by Gasteiger charge is 2.06. The summed E-state index contributed by atoms with van der Waals surface area (Å²) in [6.45, 7) is 4.64. The lowest BCUT2D eigenvalue weighted by Crippen LogP contribution is -2.06. The first-order valence-corrected chi connectivity index (χ1v) is 4.60. The summed E-state index contributed by atoms with van der Waals surface area (Å²) in [5, 5.41) is 9.66. The van der Waals surface area contributed by atoms with Crippen molar-refractivity contribution < 1.29 is 5.11 Å². The SMILES string of the molecule is Cc1ccc([C@H](O)CCN)cc1C. The number of aryl methyl sites for hydroxylation is 2. The van der Waals surface area contributed by atoms with Crippen LogP contribution in [0.4, 0.5) is 0 Å². The van der Waals surface area contributed by atoms with E-state index in [1.165, 1.54) is 11.1 Å². The molecule has 1 atom stereocenters. The van der Waals surface area contributed by atoms with Crippen molar-refractivity contribution in [3.63, 3.8) is 0 Å². The number of nitrogens with two attached hydrogens (primary N) is 1. The highest BCUT2D eigenvalue weighted by molar-refractivity contribution is 5.31. The fraction of sp³-hybridized carbons (Fsp3) is 0.455. The topological polar surface area (TPSA) is 46.2 Å². The Balaban J connectivity index is 2.84. The van der Waals surface area contributed by atoms with Gasteiger partial charge in [0, 0.05) is 0 Å². The second kappa shape index (κ2) is 4.40. The highest BCUT2D eigenvalue weighted by atomic mass is 16.3. The number of aliphatic hydroxyl groups is 1. The molecule has 0 saturated carbocycles. The number of benzene rings is 1. The van der Waals surface area contributed by atoms with Crippen molar-refractivity contribution >= 4 is 0 Å². The van der Waals surface area contributed by atoms with Crippen LogP contribution in [0.2, 0.25) is 0 Å². The maximum atomic E-state index is 9.66. The minimum absolute atomic E-state index is 0.413. The quantitative estimate of drug-likeness (QED) is 0.741. The van der Waals surface area contributed by atoms with Gasteiger partial charge in [-0.15, -0.1) is 0 Å². The van der Waals surface area contributed by atoms with Crippen LogP contribution in [0.1, 0.15) is 29.2 Å². The fourth-order valence-electron chi connectivity index (χ4n) is 1.30. The van der Waals surface area contributed by atoms with Crippen molar-refractivity contribution in [1.29, 1.82) is 0 Å². The number of hydrogen-bond acceptors (Lipinski definition) is 2. The molecule has 0 saturated heterocycles. The van der Waals surface area contributed by atoms with E-state index in [0.717, 1.165) is 5.56 Å². The van der Waals surface area contributed by atoms with Gasteiger partial charge >= 0.3 is 0 Å². The van der Waals surface area contributed by atoms with Gasteiger partial charge in [-0.05, 0) is 43.5 Å². The third-order valence-electron chi connectivity index (χ3n) is 2.36. The van der Waals surface area contributed by atoms with Crippen molar-refractivity contribution in [2.75, 3.05) is 6.54 Å². The molecular weight excluding hydrogens is 162 g/mol. The first kappa shape index (κ1) is 10.2. The van der Waals surface area contributed by atoms with E-state index in [2.05, 4.69) is 6.92 Å². The Hall–Kier alpha value is -0.860. The summed E-state index contributed by atoms with van der Waals surface area (Å²) in [6, 6.07) is 6.02. The smallest absolute Gasteiger partial charge is 0.0802 e. The first-order chi connectivity index (χ1) is 6.15.